The van der Waals surface area contributed by atoms with Crippen molar-refractivity contribution < 1.29 is 14.3 Å². The topological polar surface area (TPSA) is 46.6 Å². The molecule has 0 N–H and O–H groups in total. The summed E-state index contributed by atoms with van der Waals surface area (Å²) in [6.07, 6.45) is 0. The van der Waals surface area contributed by atoms with Crippen LogP contribution in [0.5, 0.6) is 0 Å². The van der Waals surface area contributed by atoms with Crippen molar-refractivity contribution in [3.05, 3.63) is 34.4 Å². The van der Waals surface area contributed by atoms with Gasteiger partial charge >= 0.3 is 5.97 Å². The monoisotopic (exact) mass is 249 g/mol. The molecule has 0 unspecified atom stereocenters. The quantitative estimate of drug-likeness (QED) is 0.768. The Labute approximate surface area is 108 Å². The molecule has 0 aliphatic heterocycles. The molecule has 0 aliphatic carbocycles. The molecule has 0 aliphatic rings. The molecule has 4 nitrogen and oxygen atoms in total. The van der Waals surface area contributed by atoms with E-state index in [-0.39, 0.29) is 12.5 Å². The van der Waals surface area contributed by atoms with E-state index in [1.54, 1.807) is 7.05 Å². The van der Waals surface area contributed by atoms with Crippen LogP contribution in [0.25, 0.3) is 0 Å². The van der Waals surface area contributed by atoms with Gasteiger partial charge in [0, 0.05) is 12.6 Å². The first-order valence-corrected chi connectivity index (χ1v) is 5.77. The van der Waals surface area contributed by atoms with Gasteiger partial charge in [-0.05, 0) is 31.9 Å². The van der Waals surface area contributed by atoms with E-state index in [1.165, 1.54) is 12.0 Å². The van der Waals surface area contributed by atoms with Crippen LogP contribution in [0.15, 0.2) is 12.1 Å². The van der Waals surface area contributed by atoms with Gasteiger partial charge in [-0.1, -0.05) is 17.7 Å². The van der Waals surface area contributed by atoms with Gasteiger partial charge in [0.05, 0.1) is 7.11 Å². The van der Waals surface area contributed by atoms with Crippen LogP contribution in [0.4, 0.5) is 0 Å². The van der Waals surface area contributed by atoms with Gasteiger partial charge in [-0.25, -0.2) is 0 Å². The Hall–Kier alpha value is -1.84. The Kier molecular flexibility index (Phi) is 4.48. The fourth-order valence-electron chi connectivity index (χ4n) is 2.04. The lowest BCUT2D eigenvalue weighted by Crippen LogP contribution is -2.33. The number of aryl methyl sites for hydroxylation is 3. The number of methoxy groups -OCH3 is 1. The van der Waals surface area contributed by atoms with Crippen molar-refractivity contribution in [1.82, 2.24) is 4.90 Å². The fourth-order valence-corrected chi connectivity index (χ4v) is 2.04. The van der Waals surface area contributed by atoms with E-state index >= 15 is 0 Å². The minimum atomic E-state index is -0.423. The Morgan fingerprint density at radius 1 is 1.17 bits per heavy atom. The number of hydrogen-bond donors (Lipinski definition) is 0. The maximum Gasteiger partial charge on any atom is 0.325 e. The smallest absolute Gasteiger partial charge is 0.325 e. The van der Waals surface area contributed by atoms with Crippen molar-refractivity contribution in [3.8, 4) is 0 Å². The van der Waals surface area contributed by atoms with Crippen molar-refractivity contribution >= 4 is 11.9 Å². The molecule has 1 aromatic carbocycles. The lowest BCUT2D eigenvalue weighted by molar-refractivity contribution is -0.141. The second kappa shape index (κ2) is 5.67. The second-order valence-corrected chi connectivity index (χ2v) is 4.51. The summed E-state index contributed by atoms with van der Waals surface area (Å²) in [5.74, 6) is -0.580. The number of hydrogen-bond acceptors (Lipinski definition) is 3. The summed E-state index contributed by atoms with van der Waals surface area (Å²) in [6.45, 7) is 5.76. The van der Waals surface area contributed by atoms with E-state index in [9.17, 15) is 9.59 Å². The molecule has 1 aromatic rings. The second-order valence-electron chi connectivity index (χ2n) is 4.51. The van der Waals surface area contributed by atoms with Crippen LogP contribution in [-0.2, 0) is 9.53 Å². The summed E-state index contributed by atoms with van der Waals surface area (Å²) in [7, 11) is 2.90. The zero-order valence-corrected chi connectivity index (χ0v) is 11.5. The lowest BCUT2D eigenvalue weighted by atomic mass is 9.99. The molecule has 0 heterocycles. The number of rotatable bonds is 3. The van der Waals surface area contributed by atoms with Gasteiger partial charge in [0.25, 0.3) is 5.91 Å². The third-order valence-corrected chi connectivity index (χ3v) is 2.83. The number of carbonyl (C=O) groups is 2. The average Bonchev–Trinajstić information content (AvgIpc) is 2.27. The van der Waals surface area contributed by atoms with Gasteiger partial charge in [-0.15, -0.1) is 0 Å². The van der Waals surface area contributed by atoms with Crippen molar-refractivity contribution in [2.75, 3.05) is 20.7 Å². The highest BCUT2D eigenvalue weighted by Crippen LogP contribution is 2.17. The van der Waals surface area contributed by atoms with E-state index in [1.807, 2.05) is 32.9 Å². The summed E-state index contributed by atoms with van der Waals surface area (Å²) in [4.78, 5) is 24.8. The number of esters is 1. The van der Waals surface area contributed by atoms with Gasteiger partial charge in [-0.2, -0.15) is 0 Å². The highest BCUT2D eigenvalue weighted by Gasteiger charge is 2.19. The number of carbonyl (C=O) groups excluding carboxylic acids is 2. The van der Waals surface area contributed by atoms with Crippen molar-refractivity contribution in [2.24, 2.45) is 0 Å². The molecular formula is C14H19NO3. The molecule has 0 spiro atoms. The molecule has 1 amide bonds. The molecule has 0 fully saturated rings. The Bertz CT molecular complexity index is 457. The maximum absolute atomic E-state index is 12.3. The molecule has 0 atom stereocenters. The molecule has 0 aromatic heterocycles. The summed E-state index contributed by atoms with van der Waals surface area (Å²) in [6, 6.07) is 3.93. The summed E-state index contributed by atoms with van der Waals surface area (Å²) in [5, 5.41) is 0. The largest absolute Gasteiger partial charge is 0.468 e. The molecular weight excluding hydrogens is 230 g/mol. The molecule has 1 rings (SSSR count). The van der Waals surface area contributed by atoms with Gasteiger partial charge in [0.1, 0.15) is 6.54 Å². The Morgan fingerprint density at radius 2 is 1.67 bits per heavy atom. The van der Waals surface area contributed by atoms with E-state index in [0.29, 0.717) is 5.56 Å². The van der Waals surface area contributed by atoms with Gasteiger partial charge in [-0.3, -0.25) is 9.59 Å². The first-order chi connectivity index (χ1) is 8.36. The Balaban J connectivity index is 3.00. The lowest BCUT2D eigenvalue weighted by Gasteiger charge is -2.19. The SMILES string of the molecule is COC(=O)CN(C)C(=O)c1c(C)cc(C)cc1C. The van der Waals surface area contributed by atoms with Gasteiger partial charge in [0.2, 0.25) is 0 Å². The van der Waals surface area contributed by atoms with Crippen LogP contribution in [0.2, 0.25) is 0 Å². The van der Waals surface area contributed by atoms with Crippen LogP contribution in [0, 0.1) is 20.8 Å². The standard InChI is InChI=1S/C14H19NO3/c1-9-6-10(2)13(11(3)7-9)14(17)15(4)8-12(16)18-5/h6-7H,8H2,1-5H3. The number of ether oxygens (including phenoxy) is 1. The van der Waals surface area contributed by atoms with E-state index < -0.39 is 5.97 Å². The minimum absolute atomic E-state index is 0.0396. The van der Waals surface area contributed by atoms with Crippen LogP contribution in [-0.4, -0.2) is 37.5 Å². The molecule has 0 saturated carbocycles. The van der Waals surface area contributed by atoms with E-state index in [0.717, 1.165) is 16.7 Å². The molecule has 0 saturated heterocycles. The van der Waals surface area contributed by atoms with E-state index in [4.69, 9.17) is 0 Å². The summed E-state index contributed by atoms with van der Waals surface area (Å²) < 4.78 is 4.55. The predicted molar refractivity (Wildman–Crippen MR) is 69.6 cm³/mol. The Morgan fingerprint density at radius 3 is 2.11 bits per heavy atom. The first kappa shape index (κ1) is 14.2. The van der Waals surface area contributed by atoms with Gasteiger partial charge < -0.3 is 9.64 Å². The zero-order chi connectivity index (χ0) is 13.9. The molecule has 18 heavy (non-hydrogen) atoms. The molecule has 0 radical (unpaired) electrons. The fraction of sp³-hybridized carbons (Fsp3) is 0.429. The maximum atomic E-state index is 12.3. The van der Waals surface area contributed by atoms with Crippen LogP contribution in [0.3, 0.4) is 0 Å². The molecule has 98 valence electrons. The summed E-state index contributed by atoms with van der Waals surface area (Å²) in [5.41, 5.74) is 3.63. The highest BCUT2D eigenvalue weighted by atomic mass is 16.5. The molecule has 0 bridgehead atoms. The summed E-state index contributed by atoms with van der Waals surface area (Å²) >= 11 is 0. The van der Waals surface area contributed by atoms with Crippen molar-refractivity contribution in [1.29, 1.82) is 0 Å². The van der Waals surface area contributed by atoms with Crippen molar-refractivity contribution in [2.45, 2.75) is 20.8 Å². The van der Waals surface area contributed by atoms with Crippen LogP contribution >= 0.6 is 0 Å². The van der Waals surface area contributed by atoms with Gasteiger partial charge in [0.15, 0.2) is 0 Å². The number of likely N-dealkylation sites (N-methyl/N-ethyl adjacent to an activating group) is 1. The number of amides is 1. The number of benzene rings is 1. The third kappa shape index (κ3) is 3.09. The van der Waals surface area contributed by atoms with E-state index in [2.05, 4.69) is 4.74 Å². The number of nitrogens with zero attached hydrogens (tertiary/aromatic N) is 1. The minimum Gasteiger partial charge on any atom is -0.468 e. The first-order valence-electron chi connectivity index (χ1n) is 5.77. The van der Waals surface area contributed by atoms with Crippen molar-refractivity contribution in [3.63, 3.8) is 0 Å². The zero-order valence-electron chi connectivity index (χ0n) is 11.5. The van der Waals surface area contributed by atoms with Crippen LogP contribution < -0.4 is 0 Å². The highest BCUT2D eigenvalue weighted by molar-refractivity contribution is 5.98. The predicted octanol–water partition coefficient (Wildman–Crippen LogP) is 1.86. The van der Waals surface area contributed by atoms with Crippen LogP contribution in [0.1, 0.15) is 27.0 Å². The normalized spacial score (nSPS) is 10.1. The third-order valence-electron chi connectivity index (χ3n) is 2.83. The average molecular weight is 249 g/mol. The molecule has 4 heteroatoms.